The molecule has 1 unspecified atom stereocenters. The van der Waals surface area contributed by atoms with E-state index in [1.54, 1.807) is 13.1 Å². The minimum Gasteiger partial charge on any atom is -0.314 e. The van der Waals surface area contributed by atoms with Crippen LogP contribution in [0.15, 0.2) is 0 Å². The lowest BCUT2D eigenvalue weighted by molar-refractivity contribution is 0.651. The molecule has 11 heavy (non-hydrogen) atoms. The summed E-state index contributed by atoms with van der Waals surface area (Å²) in [4.78, 5) is 0. The summed E-state index contributed by atoms with van der Waals surface area (Å²) in [5, 5.41) is 8.25. The quantitative estimate of drug-likeness (QED) is 0.364. The van der Waals surface area contributed by atoms with Gasteiger partial charge in [-0.2, -0.15) is 5.26 Å². The number of unbranched alkanes of at least 4 members (excludes halogenated alkanes) is 1. The highest BCUT2D eigenvalue weighted by molar-refractivity contribution is 6.71. The highest BCUT2D eigenvalue weighted by Crippen LogP contribution is 2.27. The lowest BCUT2D eigenvalue weighted by atomic mass is 10.2. The number of hydrogen-bond acceptors (Lipinski definition) is 1. The molecule has 0 aliphatic carbocycles. The van der Waals surface area contributed by atoms with Gasteiger partial charge in [-0.25, -0.2) is 0 Å². The molecule has 1 nitrogen and oxygen atoms in total. The predicted molar refractivity (Wildman–Crippen MR) is 47.5 cm³/mol. The minimum absolute atomic E-state index is 0.191. The Morgan fingerprint density at radius 1 is 1.55 bits per heavy atom. The Morgan fingerprint density at radius 2 is 2.09 bits per heavy atom. The van der Waals surface area contributed by atoms with Crippen LogP contribution < -0.4 is 0 Å². The van der Waals surface area contributed by atoms with Crippen LogP contribution in [0.5, 0.6) is 0 Å². The lowest BCUT2D eigenvalue weighted by Crippen LogP contribution is -2.24. The normalized spacial score (nSPS) is 14.1. The highest BCUT2D eigenvalue weighted by Gasteiger charge is 2.27. The van der Waals surface area contributed by atoms with Crippen LogP contribution in [0.1, 0.15) is 26.2 Å². The molecule has 0 saturated carbocycles. The fraction of sp³-hybridized carbons (Fsp3) is 0.875. The fourth-order valence-electron chi connectivity index (χ4n) is 0.831. The summed E-state index contributed by atoms with van der Waals surface area (Å²) in [7, 11) is -2.42. The molecule has 0 saturated heterocycles. The van der Waals surface area contributed by atoms with E-state index in [4.69, 9.17) is 5.26 Å². The summed E-state index contributed by atoms with van der Waals surface area (Å²) < 4.78 is 13.3. The van der Waals surface area contributed by atoms with Crippen LogP contribution in [0.4, 0.5) is 4.11 Å². The van der Waals surface area contributed by atoms with Crippen molar-refractivity contribution in [3.05, 3.63) is 0 Å². The van der Waals surface area contributed by atoms with Crippen LogP contribution >= 0.6 is 0 Å². The summed E-state index contributed by atoms with van der Waals surface area (Å²) in [5.41, 5.74) is 0.191. The molecule has 0 fully saturated rings. The van der Waals surface area contributed by atoms with E-state index in [9.17, 15) is 4.11 Å². The molecule has 0 N–H and O–H groups in total. The van der Waals surface area contributed by atoms with Gasteiger partial charge in [-0.1, -0.05) is 6.92 Å². The van der Waals surface area contributed by atoms with Crippen molar-refractivity contribution < 1.29 is 4.11 Å². The highest BCUT2D eigenvalue weighted by atomic mass is 28.4. The summed E-state index contributed by atoms with van der Waals surface area (Å²) in [6.07, 6.45) is 2.27. The second kappa shape index (κ2) is 4.50. The van der Waals surface area contributed by atoms with Crippen molar-refractivity contribution in [1.29, 1.82) is 5.26 Å². The number of hydrogen-bond donors (Lipinski definition) is 0. The zero-order chi connectivity index (χ0) is 8.91. The molecule has 0 amide bonds. The molecular weight excluding hydrogens is 157 g/mol. The SMILES string of the molecule is CC(CCCC#N)[Si](C)(C)F. The van der Waals surface area contributed by atoms with E-state index >= 15 is 0 Å². The number of halogens is 1. The predicted octanol–water partition coefficient (Wildman–Crippen LogP) is 3.24. The third-order valence-electron chi connectivity index (χ3n) is 2.10. The van der Waals surface area contributed by atoms with Crippen LogP contribution in [-0.2, 0) is 0 Å². The average molecular weight is 173 g/mol. The first-order valence-electron chi connectivity index (χ1n) is 4.04. The fourth-order valence-corrected chi connectivity index (χ4v) is 1.72. The second-order valence-corrected chi connectivity index (χ2v) is 7.63. The van der Waals surface area contributed by atoms with Gasteiger partial charge in [0.25, 0.3) is 0 Å². The van der Waals surface area contributed by atoms with Crippen molar-refractivity contribution in [2.75, 3.05) is 0 Å². The van der Waals surface area contributed by atoms with Crippen LogP contribution in [0.2, 0.25) is 18.6 Å². The monoisotopic (exact) mass is 173 g/mol. The molecule has 0 bridgehead atoms. The topological polar surface area (TPSA) is 23.8 Å². The Balaban J connectivity index is 3.55. The molecule has 0 spiro atoms. The van der Waals surface area contributed by atoms with Crippen LogP contribution in [0, 0.1) is 11.3 Å². The van der Waals surface area contributed by atoms with Crippen LogP contribution in [0.25, 0.3) is 0 Å². The van der Waals surface area contributed by atoms with Crippen molar-refractivity contribution in [2.45, 2.75) is 44.8 Å². The molecule has 0 aliphatic heterocycles. The van der Waals surface area contributed by atoms with Crippen molar-refractivity contribution in [2.24, 2.45) is 0 Å². The van der Waals surface area contributed by atoms with E-state index < -0.39 is 8.41 Å². The van der Waals surface area contributed by atoms with Gasteiger partial charge in [0.05, 0.1) is 6.07 Å². The Labute approximate surface area is 69.4 Å². The first kappa shape index (κ1) is 10.6. The lowest BCUT2D eigenvalue weighted by Gasteiger charge is -2.19. The van der Waals surface area contributed by atoms with Gasteiger partial charge in [0, 0.05) is 6.42 Å². The standard InChI is InChI=1S/C8H16FNSi/c1-8(11(2,3)9)6-4-5-7-10/h8H,4-6H2,1-3H3. The van der Waals surface area contributed by atoms with Gasteiger partial charge < -0.3 is 4.11 Å². The molecule has 0 aromatic carbocycles. The molecule has 0 radical (unpaired) electrons. The molecule has 0 aromatic heterocycles. The summed E-state index contributed by atoms with van der Waals surface area (Å²) in [6.45, 7) is 5.40. The summed E-state index contributed by atoms with van der Waals surface area (Å²) >= 11 is 0. The zero-order valence-electron chi connectivity index (χ0n) is 7.52. The van der Waals surface area contributed by atoms with E-state index in [1.165, 1.54) is 0 Å². The van der Waals surface area contributed by atoms with Gasteiger partial charge in [0.15, 0.2) is 0 Å². The largest absolute Gasteiger partial charge is 0.314 e. The van der Waals surface area contributed by atoms with Gasteiger partial charge >= 0.3 is 0 Å². The molecule has 0 aliphatic rings. The molecule has 0 heterocycles. The third kappa shape index (κ3) is 4.97. The molecule has 1 atom stereocenters. The molecule has 0 rings (SSSR count). The van der Waals surface area contributed by atoms with Crippen molar-refractivity contribution >= 4 is 8.41 Å². The maximum absolute atomic E-state index is 13.3. The maximum atomic E-state index is 13.3. The van der Waals surface area contributed by atoms with Gasteiger partial charge in [-0.15, -0.1) is 0 Å². The molecular formula is C8H16FNSi. The minimum atomic E-state index is -2.42. The summed E-state index contributed by atoms with van der Waals surface area (Å²) in [5.74, 6) is 0. The van der Waals surface area contributed by atoms with Gasteiger partial charge in [0.2, 0.25) is 8.41 Å². The smallest absolute Gasteiger partial charge is 0.243 e. The van der Waals surface area contributed by atoms with Crippen LogP contribution in [0.3, 0.4) is 0 Å². The zero-order valence-corrected chi connectivity index (χ0v) is 8.52. The number of nitrogens with zero attached hydrogens (tertiary/aromatic N) is 1. The summed E-state index contributed by atoms with van der Waals surface area (Å²) in [6, 6.07) is 2.07. The Bertz CT molecular complexity index is 145. The van der Waals surface area contributed by atoms with E-state index in [-0.39, 0.29) is 5.54 Å². The van der Waals surface area contributed by atoms with Gasteiger partial charge in [-0.3, -0.25) is 0 Å². The molecule has 64 valence electrons. The molecule has 3 heteroatoms. The third-order valence-corrected chi connectivity index (χ3v) is 4.73. The van der Waals surface area contributed by atoms with Gasteiger partial charge in [0.1, 0.15) is 0 Å². The first-order valence-corrected chi connectivity index (χ1v) is 7.00. The van der Waals surface area contributed by atoms with E-state index in [0.29, 0.717) is 6.42 Å². The molecule has 0 aromatic rings. The number of rotatable bonds is 4. The Hall–Kier alpha value is -0.363. The second-order valence-electron chi connectivity index (χ2n) is 3.52. The van der Waals surface area contributed by atoms with E-state index in [2.05, 4.69) is 6.07 Å². The maximum Gasteiger partial charge on any atom is 0.243 e. The van der Waals surface area contributed by atoms with Crippen molar-refractivity contribution in [3.8, 4) is 6.07 Å². The van der Waals surface area contributed by atoms with Crippen LogP contribution in [-0.4, -0.2) is 8.41 Å². The Morgan fingerprint density at radius 3 is 2.45 bits per heavy atom. The number of nitriles is 1. The van der Waals surface area contributed by atoms with Gasteiger partial charge in [-0.05, 0) is 31.5 Å². The van der Waals surface area contributed by atoms with E-state index in [1.807, 2.05) is 6.92 Å². The average Bonchev–Trinajstić information content (AvgIpc) is 1.86. The van der Waals surface area contributed by atoms with Crippen molar-refractivity contribution in [1.82, 2.24) is 0 Å². The van der Waals surface area contributed by atoms with E-state index in [0.717, 1.165) is 12.8 Å². The first-order chi connectivity index (χ1) is 4.98. The Kier molecular flexibility index (Phi) is 4.35. The van der Waals surface area contributed by atoms with Crippen molar-refractivity contribution in [3.63, 3.8) is 0 Å².